The second kappa shape index (κ2) is 7.42. The highest BCUT2D eigenvalue weighted by Gasteiger charge is 2.16. The first-order chi connectivity index (χ1) is 11.9. The van der Waals surface area contributed by atoms with E-state index in [4.69, 9.17) is 16.7 Å². The van der Waals surface area contributed by atoms with Crippen LogP contribution in [0.25, 0.3) is 10.9 Å². The molecule has 0 aliphatic rings. The average molecular weight is 421 g/mol. The Bertz CT molecular complexity index is 947. The summed E-state index contributed by atoms with van der Waals surface area (Å²) in [6.45, 7) is 0.609. The van der Waals surface area contributed by atoms with Crippen LogP contribution in [-0.2, 0) is 11.3 Å². The number of carbonyl (C=O) groups excluding carboxylic acids is 1. The minimum atomic E-state index is -0.981. The maximum Gasteiger partial charge on any atom is 0.303 e. The number of aliphatic carboxylic acids is 1. The highest BCUT2D eigenvalue weighted by atomic mass is 79.9. The van der Waals surface area contributed by atoms with Crippen LogP contribution >= 0.6 is 27.5 Å². The molecule has 3 rings (SSSR count). The van der Waals surface area contributed by atoms with Crippen LogP contribution in [0.1, 0.15) is 28.8 Å². The SMILES string of the molecule is O=C(O)CCC(=O)c1cn(Cc2ccc(Br)cc2)c2ccc(Cl)cc12. The molecule has 2 aromatic carbocycles. The lowest BCUT2D eigenvalue weighted by atomic mass is 10.1. The zero-order chi connectivity index (χ0) is 18.0. The highest BCUT2D eigenvalue weighted by Crippen LogP contribution is 2.27. The van der Waals surface area contributed by atoms with Crippen LogP contribution in [0.15, 0.2) is 53.1 Å². The van der Waals surface area contributed by atoms with Crippen molar-refractivity contribution in [2.45, 2.75) is 19.4 Å². The Morgan fingerprint density at radius 3 is 2.48 bits per heavy atom. The minimum absolute atomic E-state index is 0.0285. The summed E-state index contributed by atoms with van der Waals surface area (Å²) in [6.07, 6.45) is 1.57. The molecule has 3 aromatic rings. The minimum Gasteiger partial charge on any atom is -0.481 e. The number of ketones is 1. The number of hydrogen-bond acceptors (Lipinski definition) is 2. The predicted octanol–water partition coefficient (Wildman–Crippen LogP) is 5.15. The molecule has 1 aromatic heterocycles. The van der Waals surface area contributed by atoms with Gasteiger partial charge in [0, 0.05) is 45.1 Å². The molecule has 0 saturated heterocycles. The van der Waals surface area contributed by atoms with E-state index in [1.807, 2.05) is 34.9 Å². The zero-order valence-electron chi connectivity index (χ0n) is 13.2. The smallest absolute Gasteiger partial charge is 0.303 e. The van der Waals surface area contributed by atoms with Crippen LogP contribution < -0.4 is 0 Å². The molecule has 0 saturated carbocycles. The molecule has 25 heavy (non-hydrogen) atoms. The number of hydrogen-bond donors (Lipinski definition) is 1. The molecule has 6 heteroatoms. The van der Waals surface area contributed by atoms with E-state index in [-0.39, 0.29) is 18.6 Å². The first-order valence-electron chi connectivity index (χ1n) is 7.72. The third-order valence-corrected chi connectivity index (χ3v) is 4.74. The number of carboxylic acid groups (broad SMARTS) is 1. The van der Waals surface area contributed by atoms with Gasteiger partial charge in [0.2, 0.25) is 0 Å². The van der Waals surface area contributed by atoms with Crippen molar-refractivity contribution < 1.29 is 14.7 Å². The van der Waals surface area contributed by atoms with E-state index in [2.05, 4.69) is 15.9 Å². The number of benzene rings is 2. The zero-order valence-corrected chi connectivity index (χ0v) is 15.5. The summed E-state index contributed by atoms with van der Waals surface area (Å²) in [6, 6.07) is 13.4. The topological polar surface area (TPSA) is 59.3 Å². The van der Waals surface area contributed by atoms with E-state index in [1.165, 1.54) is 0 Å². The van der Waals surface area contributed by atoms with Crippen molar-refractivity contribution in [2.75, 3.05) is 0 Å². The lowest BCUT2D eigenvalue weighted by Gasteiger charge is -2.06. The molecular formula is C19H15BrClNO3. The normalized spacial score (nSPS) is 11.0. The third-order valence-electron chi connectivity index (χ3n) is 3.98. The number of nitrogens with zero attached hydrogens (tertiary/aromatic N) is 1. The van der Waals surface area contributed by atoms with Crippen molar-refractivity contribution in [3.05, 3.63) is 69.3 Å². The monoisotopic (exact) mass is 419 g/mol. The van der Waals surface area contributed by atoms with Gasteiger partial charge in [-0.05, 0) is 35.9 Å². The van der Waals surface area contributed by atoms with Gasteiger partial charge in [0.05, 0.1) is 6.42 Å². The van der Waals surface area contributed by atoms with Crippen LogP contribution in [0.4, 0.5) is 0 Å². The van der Waals surface area contributed by atoms with Crippen molar-refractivity contribution in [1.82, 2.24) is 4.57 Å². The number of aromatic nitrogens is 1. The number of carbonyl (C=O) groups is 2. The first-order valence-corrected chi connectivity index (χ1v) is 8.89. The molecule has 0 fully saturated rings. The van der Waals surface area contributed by atoms with Crippen molar-refractivity contribution in [2.24, 2.45) is 0 Å². The van der Waals surface area contributed by atoms with Gasteiger partial charge in [0.15, 0.2) is 5.78 Å². The summed E-state index contributed by atoms with van der Waals surface area (Å²) in [7, 11) is 0. The number of Topliss-reactive ketones (excluding diaryl/α,β-unsaturated/α-hetero) is 1. The summed E-state index contributed by atoms with van der Waals surface area (Å²) >= 11 is 9.51. The summed E-state index contributed by atoms with van der Waals surface area (Å²) in [5.41, 5.74) is 2.50. The molecule has 0 radical (unpaired) electrons. The second-order valence-corrected chi connectivity index (χ2v) is 7.13. The molecule has 0 spiro atoms. The van der Waals surface area contributed by atoms with Crippen molar-refractivity contribution in [3.63, 3.8) is 0 Å². The molecule has 4 nitrogen and oxygen atoms in total. The van der Waals surface area contributed by atoms with Gasteiger partial charge in [-0.3, -0.25) is 9.59 Å². The van der Waals surface area contributed by atoms with E-state index >= 15 is 0 Å². The molecule has 0 aliphatic carbocycles. The van der Waals surface area contributed by atoms with Crippen LogP contribution in [0.2, 0.25) is 5.02 Å². The Morgan fingerprint density at radius 1 is 1.08 bits per heavy atom. The van der Waals surface area contributed by atoms with Gasteiger partial charge in [0.1, 0.15) is 0 Å². The fraction of sp³-hybridized carbons (Fsp3) is 0.158. The van der Waals surface area contributed by atoms with E-state index in [9.17, 15) is 9.59 Å². The number of fused-ring (bicyclic) bond motifs is 1. The van der Waals surface area contributed by atoms with E-state index < -0.39 is 5.97 Å². The van der Waals surface area contributed by atoms with Gasteiger partial charge in [-0.1, -0.05) is 39.7 Å². The van der Waals surface area contributed by atoms with Gasteiger partial charge < -0.3 is 9.67 Å². The van der Waals surface area contributed by atoms with E-state index in [0.29, 0.717) is 17.1 Å². The lowest BCUT2D eigenvalue weighted by molar-refractivity contribution is -0.136. The van der Waals surface area contributed by atoms with E-state index in [0.717, 1.165) is 20.9 Å². The maximum atomic E-state index is 12.5. The average Bonchev–Trinajstić information content (AvgIpc) is 2.92. The molecular weight excluding hydrogens is 406 g/mol. The Morgan fingerprint density at radius 2 is 1.80 bits per heavy atom. The number of rotatable bonds is 6. The van der Waals surface area contributed by atoms with Crippen molar-refractivity contribution >= 4 is 50.2 Å². The molecule has 1 N–H and O–H groups in total. The Balaban J connectivity index is 1.99. The van der Waals surface area contributed by atoms with Gasteiger partial charge in [-0.2, -0.15) is 0 Å². The van der Waals surface area contributed by atoms with Crippen LogP contribution in [0.3, 0.4) is 0 Å². The molecule has 1 heterocycles. The molecule has 0 aliphatic heterocycles. The second-order valence-electron chi connectivity index (χ2n) is 5.78. The Labute approximate surface area is 158 Å². The fourth-order valence-corrected chi connectivity index (χ4v) is 3.20. The molecule has 0 bridgehead atoms. The summed E-state index contributed by atoms with van der Waals surface area (Å²) in [4.78, 5) is 23.2. The van der Waals surface area contributed by atoms with Gasteiger partial charge in [-0.25, -0.2) is 0 Å². The number of halogens is 2. The third kappa shape index (κ3) is 4.11. The van der Waals surface area contributed by atoms with Gasteiger partial charge in [-0.15, -0.1) is 0 Å². The van der Waals surface area contributed by atoms with Crippen LogP contribution in [0.5, 0.6) is 0 Å². The largest absolute Gasteiger partial charge is 0.481 e. The molecule has 0 atom stereocenters. The molecule has 0 unspecified atom stereocenters. The van der Waals surface area contributed by atoms with Gasteiger partial charge in [0.25, 0.3) is 0 Å². The highest BCUT2D eigenvalue weighted by molar-refractivity contribution is 9.10. The van der Waals surface area contributed by atoms with Crippen LogP contribution in [-0.4, -0.2) is 21.4 Å². The summed E-state index contributed by atoms with van der Waals surface area (Å²) in [5, 5.41) is 10.1. The molecule has 0 amide bonds. The standard InChI is InChI=1S/C19H15BrClNO3/c20-13-3-1-12(2-4-13)10-22-11-16(18(23)7-8-19(24)25)15-9-14(21)5-6-17(15)22/h1-6,9,11H,7-8,10H2,(H,24,25). The predicted molar refractivity (Wildman–Crippen MR) is 101 cm³/mol. The maximum absolute atomic E-state index is 12.5. The fourth-order valence-electron chi connectivity index (χ4n) is 2.76. The molecule has 128 valence electrons. The summed E-state index contributed by atoms with van der Waals surface area (Å²) < 4.78 is 2.99. The lowest BCUT2D eigenvalue weighted by Crippen LogP contribution is -2.03. The van der Waals surface area contributed by atoms with E-state index in [1.54, 1.807) is 18.3 Å². The Hall–Kier alpha value is -2.11. The quantitative estimate of drug-likeness (QED) is 0.561. The Kier molecular flexibility index (Phi) is 5.25. The summed E-state index contributed by atoms with van der Waals surface area (Å²) in [5.74, 6) is -1.17. The number of carboxylic acids is 1. The van der Waals surface area contributed by atoms with Crippen molar-refractivity contribution in [3.8, 4) is 0 Å². The van der Waals surface area contributed by atoms with Crippen LogP contribution in [0, 0.1) is 0 Å². The first kappa shape index (κ1) is 17.7. The van der Waals surface area contributed by atoms with Crippen molar-refractivity contribution in [1.29, 1.82) is 0 Å². The van der Waals surface area contributed by atoms with Gasteiger partial charge >= 0.3 is 5.97 Å².